The third-order valence-electron chi connectivity index (χ3n) is 20.9. The van der Waals surface area contributed by atoms with Crippen molar-refractivity contribution in [1.82, 2.24) is 15.2 Å². The van der Waals surface area contributed by atoms with Crippen molar-refractivity contribution in [2.45, 2.75) is 163 Å². The summed E-state index contributed by atoms with van der Waals surface area (Å²) in [6.07, 6.45) is 18.1. The Bertz CT molecular complexity index is 2280. The van der Waals surface area contributed by atoms with Gasteiger partial charge in [0.15, 0.2) is 9.84 Å². The van der Waals surface area contributed by atoms with Gasteiger partial charge in [0, 0.05) is 37.8 Å². The van der Waals surface area contributed by atoms with E-state index < -0.39 is 23.6 Å². The van der Waals surface area contributed by atoms with E-state index in [9.17, 15) is 13.2 Å². The van der Waals surface area contributed by atoms with Gasteiger partial charge in [0.25, 0.3) is 14.1 Å². The molecular weight excluding hydrogens is 857 g/mol. The van der Waals surface area contributed by atoms with Gasteiger partial charge in [-0.05, 0) is 171 Å². The first kappa shape index (κ1) is 49.6. The highest BCUT2D eigenvalue weighted by atomic mass is 32.2. The smallest absolute Gasteiger partial charge is 0.309 e. The summed E-state index contributed by atoms with van der Waals surface area (Å²) < 4.78 is 37.2. The monoisotopic (exact) mass is 941 g/mol. The Labute approximate surface area is 400 Å². The molecule has 9 nitrogen and oxygen atoms in total. The summed E-state index contributed by atoms with van der Waals surface area (Å²) in [5, 5.41) is 4.12. The van der Waals surface area contributed by atoms with Gasteiger partial charge in [-0.25, -0.2) is 8.42 Å². The molecule has 6 aliphatic carbocycles. The van der Waals surface area contributed by atoms with Crippen molar-refractivity contribution < 1.29 is 22.4 Å². The van der Waals surface area contributed by atoms with E-state index in [-0.39, 0.29) is 62.1 Å². The van der Waals surface area contributed by atoms with Crippen LogP contribution in [0.3, 0.4) is 0 Å². The number of fused-ring (bicyclic) bond motifs is 7. The minimum absolute atomic E-state index is 0.0130. The minimum atomic E-state index is -2.88. The molecule has 5 fully saturated rings. The van der Waals surface area contributed by atoms with Crippen LogP contribution in [0.15, 0.2) is 53.6 Å². The van der Waals surface area contributed by atoms with Gasteiger partial charge in [0.05, 0.1) is 11.5 Å². The van der Waals surface area contributed by atoms with Gasteiger partial charge in [0.1, 0.15) is 12.0 Å². The van der Waals surface area contributed by atoms with Crippen LogP contribution in [0.1, 0.15) is 139 Å². The van der Waals surface area contributed by atoms with Crippen molar-refractivity contribution in [2.24, 2.45) is 56.7 Å². The van der Waals surface area contributed by atoms with E-state index in [4.69, 9.17) is 15.7 Å². The molecule has 8 rings (SSSR count). The lowest BCUT2D eigenvalue weighted by atomic mass is 9.33. The molecule has 1 saturated heterocycles. The number of pyridine rings is 1. The maximum absolute atomic E-state index is 14.5. The summed E-state index contributed by atoms with van der Waals surface area (Å²) in [7, 11) is -5.29. The fraction of sp³-hybridized carbons (Fsp3) is 0.764. The van der Waals surface area contributed by atoms with E-state index in [1.807, 2.05) is 0 Å². The van der Waals surface area contributed by atoms with Crippen molar-refractivity contribution in [3.8, 4) is 5.88 Å². The molecule has 1 aromatic rings. The number of rotatable bonds is 11. The summed E-state index contributed by atoms with van der Waals surface area (Å²) in [6, 6.07) is 5.22. The predicted molar refractivity (Wildman–Crippen MR) is 269 cm³/mol. The molecule has 0 spiro atoms. The number of nitrogens with zero attached hydrogens (tertiary/aromatic N) is 3. The van der Waals surface area contributed by atoms with Gasteiger partial charge in [-0.3, -0.25) is 4.79 Å². The maximum Gasteiger partial charge on any atom is 0.309 e. The number of aromatic nitrogens is 1. The van der Waals surface area contributed by atoms with E-state index >= 15 is 0 Å². The summed E-state index contributed by atoms with van der Waals surface area (Å²) in [4.78, 5) is 24.7. The van der Waals surface area contributed by atoms with Crippen LogP contribution in [0.25, 0.3) is 4.85 Å². The lowest BCUT2D eigenvalue weighted by Gasteiger charge is -2.72. The van der Waals surface area contributed by atoms with Crippen LogP contribution in [0.4, 0.5) is 5.82 Å². The van der Waals surface area contributed by atoms with E-state index in [2.05, 4.69) is 114 Å². The molecule has 1 unspecified atom stereocenters. The van der Waals surface area contributed by atoms with Crippen molar-refractivity contribution >= 4 is 29.9 Å². The number of ether oxygens (including phenoxy) is 1. The van der Waals surface area contributed by atoms with Gasteiger partial charge < -0.3 is 24.2 Å². The SMILES string of the molecule is [C-]#[N+]c1cccc(OCC2(C(=O)O[Si](C)(C)C(C)(C)C)CC=C(C3=CC[C@]4(C)[C@H]5CC[C@@H]6[C@H]7[C@H](C(=C)C)CC[C@]7(NCCN7CCS(=O)(=O)CC7)CC[C@@]6(C)[C@]5(C)CC[C@H]4C3(C)C)CC2)n1. The largest absolute Gasteiger partial charge is 0.519 e. The number of hydrogen-bond acceptors (Lipinski definition) is 8. The second-order valence-electron chi connectivity index (χ2n) is 25.4. The van der Waals surface area contributed by atoms with Crippen LogP contribution >= 0.6 is 0 Å². The summed E-state index contributed by atoms with van der Waals surface area (Å²) in [6.45, 7) is 41.7. The van der Waals surface area contributed by atoms with Crippen molar-refractivity contribution in [2.75, 3.05) is 44.3 Å². The Balaban J connectivity index is 1.02. The van der Waals surface area contributed by atoms with E-state index in [1.54, 1.807) is 18.2 Å². The fourth-order valence-electron chi connectivity index (χ4n) is 15.8. The highest BCUT2D eigenvalue weighted by Gasteiger charge is 2.70. The number of carbonyl (C=O) groups excluding carboxylic acids is 1. The second-order valence-corrected chi connectivity index (χ2v) is 32.4. The van der Waals surface area contributed by atoms with Gasteiger partial charge >= 0.3 is 11.8 Å². The molecule has 0 bridgehead atoms. The molecule has 1 aromatic heterocycles. The third-order valence-corrected chi connectivity index (χ3v) is 26.8. The highest BCUT2D eigenvalue weighted by Crippen LogP contribution is 2.76. The molecule has 0 radical (unpaired) electrons. The number of sulfone groups is 1. The average Bonchev–Trinajstić information content (AvgIpc) is 3.63. The van der Waals surface area contributed by atoms with Crippen LogP contribution in [0, 0.1) is 63.2 Å². The van der Waals surface area contributed by atoms with Gasteiger partial charge in [-0.15, -0.1) is 0 Å². The molecule has 364 valence electrons. The standard InChI is InChI=1S/C55H84N4O5SSi/c1-38(2)40-21-28-55(57-31-32-59-33-35-65(61,62)36-34-59)30-29-52(9)42(47(40)55)17-18-44-51(8)24-22-41(50(6,7)43(51)23-25-53(44,52)10)39-19-26-54(27-20-39,48(60)64-66(12,13)49(3,4)5)37-63-46-16-14-15-45(56-11)58-46/h14-16,19,22,40,42-44,47,57H,1,17-18,20-21,23-37H2,2-10,12-13H3/t40-,42+,43-,44+,47+,51-,52+,53+,54?,55-/m0/s1. The van der Waals surface area contributed by atoms with Crippen LogP contribution in [-0.4, -0.2) is 82.4 Å². The summed E-state index contributed by atoms with van der Waals surface area (Å²) in [5.41, 5.74) is 4.21. The molecule has 1 N–H and O–H groups in total. The van der Waals surface area contributed by atoms with Gasteiger partial charge in [-0.2, -0.15) is 0 Å². The molecule has 4 saturated carbocycles. The maximum atomic E-state index is 14.5. The van der Waals surface area contributed by atoms with Crippen molar-refractivity contribution in [3.63, 3.8) is 0 Å². The lowest BCUT2D eigenvalue weighted by molar-refractivity contribution is -0.221. The Hall–Kier alpha value is -2.78. The van der Waals surface area contributed by atoms with Crippen LogP contribution < -0.4 is 10.1 Å². The molecule has 0 amide bonds. The topological polar surface area (TPSA) is 102 Å². The number of carbonyl (C=O) groups is 1. The molecule has 66 heavy (non-hydrogen) atoms. The Kier molecular flexibility index (Phi) is 13.0. The Morgan fingerprint density at radius 1 is 0.955 bits per heavy atom. The molecule has 1 aliphatic heterocycles. The van der Waals surface area contributed by atoms with E-state index in [0.29, 0.717) is 61.4 Å². The fourth-order valence-corrected chi connectivity index (χ4v) is 18.1. The number of allylic oxidation sites excluding steroid dienone is 5. The zero-order valence-electron chi connectivity index (χ0n) is 42.7. The molecule has 11 heteroatoms. The van der Waals surface area contributed by atoms with Crippen molar-refractivity contribution in [3.05, 3.63) is 65.1 Å². The summed E-state index contributed by atoms with van der Waals surface area (Å²) in [5.74, 6) is 4.06. The normalized spacial score (nSPS) is 38.5. The zero-order valence-corrected chi connectivity index (χ0v) is 44.5. The van der Waals surface area contributed by atoms with Crippen LogP contribution in [0.2, 0.25) is 18.1 Å². The van der Waals surface area contributed by atoms with Crippen molar-refractivity contribution in [1.29, 1.82) is 0 Å². The minimum Gasteiger partial charge on any atom is -0.519 e. The Morgan fingerprint density at radius 2 is 1.68 bits per heavy atom. The zero-order chi connectivity index (χ0) is 47.9. The van der Waals surface area contributed by atoms with Crippen LogP contribution in [0.5, 0.6) is 5.88 Å². The Morgan fingerprint density at radius 3 is 2.33 bits per heavy atom. The summed E-state index contributed by atoms with van der Waals surface area (Å²) >= 11 is 0. The number of hydrogen-bond donors (Lipinski definition) is 1. The van der Waals surface area contributed by atoms with E-state index in [1.165, 1.54) is 68.1 Å². The molecule has 7 aliphatic rings. The first-order valence-electron chi connectivity index (χ1n) is 25.7. The highest BCUT2D eigenvalue weighted by molar-refractivity contribution is 7.91. The molecule has 10 atom stereocenters. The third kappa shape index (κ3) is 8.33. The quantitative estimate of drug-likeness (QED) is 0.133. The van der Waals surface area contributed by atoms with Gasteiger partial charge in [0.2, 0.25) is 0 Å². The second kappa shape index (κ2) is 17.3. The molecule has 2 heterocycles. The average molecular weight is 941 g/mol. The lowest BCUT2D eigenvalue weighted by Crippen LogP contribution is -2.68. The predicted octanol–water partition coefficient (Wildman–Crippen LogP) is 11.9. The van der Waals surface area contributed by atoms with Gasteiger partial charge in [-0.1, -0.05) is 97.3 Å². The van der Waals surface area contributed by atoms with E-state index in [0.717, 1.165) is 25.9 Å². The first-order chi connectivity index (χ1) is 30.8. The molecular formula is C55H84N4O5SSi. The molecule has 0 aromatic carbocycles. The van der Waals surface area contributed by atoms with Crippen LogP contribution in [-0.2, 0) is 19.1 Å². The number of nitrogens with one attached hydrogen (secondary N) is 1. The first-order valence-corrected chi connectivity index (χ1v) is 30.4.